The van der Waals surface area contributed by atoms with Gasteiger partial charge in [-0.25, -0.2) is 8.42 Å². The summed E-state index contributed by atoms with van der Waals surface area (Å²) in [6.07, 6.45) is 0.250. The maximum Gasteiger partial charge on any atom is 0.264 e. The van der Waals surface area contributed by atoms with Crippen molar-refractivity contribution in [3.8, 4) is 5.75 Å². The second-order valence-electron chi connectivity index (χ2n) is 11.5. The van der Waals surface area contributed by atoms with E-state index in [0.29, 0.717) is 15.9 Å². The molecule has 0 radical (unpaired) electrons. The van der Waals surface area contributed by atoms with Crippen LogP contribution in [0.3, 0.4) is 0 Å². The Morgan fingerprint density at radius 1 is 0.891 bits per heavy atom. The van der Waals surface area contributed by atoms with E-state index in [9.17, 15) is 18.0 Å². The van der Waals surface area contributed by atoms with Crippen molar-refractivity contribution in [3.05, 3.63) is 124 Å². The lowest BCUT2D eigenvalue weighted by atomic mass is 10.0. The van der Waals surface area contributed by atoms with Gasteiger partial charge in [0.2, 0.25) is 11.8 Å². The fourth-order valence-electron chi connectivity index (χ4n) is 5.08. The summed E-state index contributed by atoms with van der Waals surface area (Å²) in [4.78, 5) is 29.9. The first kappa shape index (κ1) is 34.7. The minimum absolute atomic E-state index is 0.0163. The Morgan fingerprint density at radius 3 is 2.15 bits per heavy atom. The summed E-state index contributed by atoms with van der Waals surface area (Å²) in [7, 11) is -2.75. The van der Waals surface area contributed by atoms with Crippen LogP contribution in [0.5, 0.6) is 5.75 Å². The molecule has 0 aliphatic carbocycles. The van der Waals surface area contributed by atoms with Crippen molar-refractivity contribution in [3.63, 3.8) is 0 Å². The summed E-state index contributed by atoms with van der Waals surface area (Å²) in [5, 5.41) is 2.98. The molecule has 0 saturated carbocycles. The number of nitrogens with one attached hydrogen (secondary N) is 1. The Bertz CT molecular complexity index is 1760. The van der Waals surface area contributed by atoms with E-state index in [-0.39, 0.29) is 29.8 Å². The van der Waals surface area contributed by atoms with Gasteiger partial charge < -0.3 is 15.0 Å². The van der Waals surface area contributed by atoms with Crippen molar-refractivity contribution in [1.82, 2.24) is 10.2 Å². The summed E-state index contributed by atoms with van der Waals surface area (Å²) >= 11 is 3.39. The quantitative estimate of drug-likeness (QED) is 0.173. The fourth-order valence-corrected chi connectivity index (χ4v) is 7.21. The van der Waals surface area contributed by atoms with Crippen molar-refractivity contribution in [2.45, 2.75) is 57.6 Å². The number of ether oxygens (including phenoxy) is 1. The molecular formula is C36H40BrN3O5S. The highest BCUT2D eigenvalue weighted by atomic mass is 79.9. The largest absolute Gasteiger partial charge is 0.496 e. The molecule has 4 aromatic carbocycles. The predicted molar refractivity (Wildman–Crippen MR) is 185 cm³/mol. The second-order valence-corrected chi connectivity index (χ2v) is 14.2. The average Bonchev–Trinajstić information content (AvgIpc) is 3.02. The van der Waals surface area contributed by atoms with Gasteiger partial charge >= 0.3 is 0 Å². The Morgan fingerprint density at radius 2 is 1.54 bits per heavy atom. The molecule has 2 amide bonds. The van der Waals surface area contributed by atoms with Gasteiger partial charge in [0.1, 0.15) is 18.3 Å². The minimum atomic E-state index is -4.25. The van der Waals surface area contributed by atoms with Crippen LogP contribution in [0.2, 0.25) is 0 Å². The third-order valence-corrected chi connectivity index (χ3v) is 10.0. The first-order chi connectivity index (χ1) is 21.9. The molecule has 0 heterocycles. The molecule has 0 aromatic heterocycles. The summed E-state index contributed by atoms with van der Waals surface area (Å²) in [5.74, 6) is -0.356. The fraction of sp³-hybridized carbons (Fsp3) is 0.278. The number of methoxy groups -OCH3 is 1. The van der Waals surface area contributed by atoms with E-state index >= 15 is 0 Å². The Balaban J connectivity index is 1.82. The number of hydrogen-bond donors (Lipinski definition) is 1. The number of halogens is 1. The molecule has 242 valence electrons. The molecule has 0 saturated heterocycles. The van der Waals surface area contributed by atoms with Crippen LogP contribution in [0, 0.1) is 13.8 Å². The average molecular weight is 707 g/mol. The van der Waals surface area contributed by atoms with Crippen molar-refractivity contribution in [2.75, 3.05) is 18.0 Å². The third-order valence-electron chi connectivity index (χ3n) is 7.62. The van der Waals surface area contributed by atoms with Gasteiger partial charge in [0.05, 0.1) is 22.2 Å². The molecule has 0 unspecified atom stereocenters. The van der Waals surface area contributed by atoms with E-state index in [4.69, 9.17) is 4.74 Å². The molecule has 8 nitrogen and oxygen atoms in total. The van der Waals surface area contributed by atoms with E-state index in [1.807, 2.05) is 82.3 Å². The molecule has 46 heavy (non-hydrogen) atoms. The Kier molecular flexibility index (Phi) is 11.6. The second kappa shape index (κ2) is 15.4. The number of sulfonamides is 1. The summed E-state index contributed by atoms with van der Waals surface area (Å²) in [6.45, 7) is 7.17. The molecule has 1 N–H and O–H groups in total. The molecule has 0 bridgehead atoms. The lowest BCUT2D eigenvalue weighted by molar-refractivity contribution is -0.140. The van der Waals surface area contributed by atoms with Crippen molar-refractivity contribution >= 4 is 43.5 Å². The molecule has 0 aliphatic rings. The third kappa shape index (κ3) is 8.55. The number of carbonyl (C=O) groups excluding carboxylic acids is 2. The van der Waals surface area contributed by atoms with Crippen molar-refractivity contribution in [1.29, 1.82) is 0 Å². The van der Waals surface area contributed by atoms with E-state index in [2.05, 4.69) is 21.2 Å². The van der Waals surface area contributed by atoms with Crippen LogP contribution < -0.4 is 14.4 Å². The highest BCUT2D eigenvalue weighted by Crippen LogP contribution is 2.31. The lowest BCUT2D eigenvalue weighted by Gasteiger charge is -2.34. The van der Waals surface area contributed by atoms with Crippen LogP contribution in [-0.4, -0.2) is 50.9 Å². The van der Waals surface area contributed by atoms with Gasteiger partial charge in [-0.15, -0.1) is 0 Å². The highest BCUT2D eigenvalue weighted by Gasteiger charge is 2.35. The summed E-state index contributed by atoms with van der Waals surface area (Å²) in [6, 6.07) is 27.5. The zero-order valence-corrected chi connectivity index (χ0v) is 29.1. The van der Waals surface area contributed by atoms with Gasteiger partial charge in [0.15, 0.2) is 0 Å². The van der Waals surface area contributed by atoms with E-state index in [0.717, 1.165) is 26.6 Å². The number of hydrogen-bond acceptors (Lipinski definition) is 5. The summed E-state index contributed by atoms with van der Waals surface area (Å²) < 4.78 is 35.5. The zero-order chi connectivity index (χ0) is 33.4. The monoisotopic (exact) mass is 705 g/mol. The van der Waals surface area contributed by atoms with Crippen LogP contribution >= 0.6 is 15.9 Å². The maximum atomic E-state index is 14.6. The zero-order valence-electron chi connectivity index (χ0n) is 26.7. The van der Waals surface area contributed by atoms with Crippen LogP contribution in [0.4, 0.5) is 5.69 Å². The van der Waals surface area contributed by atoms with Gasteiger partial charge in [-0.05, 0) is 90.6 Å². The van der Waals surface area contributed by atoms with Gasteiger partial charge in [0, 0.05) is 19.0 Å². The first-order valence-electron chi connectivity index (χ1n) is 15.0. The number of nitrogens with zero attached hydrogens (tertiary/aromatic N) is 2. The van der Waals surface area contributed by atoms with E-state index in [1.54, 1.807) is 30.3 Å². The minimum Gasteiger partial charge on any atom is -0.496 e. The molecule has 10 heteroatoms. The highest BCUT2D eigenvalue weighted by molar-refractivity contribution is 9.10. The van der Waals surface area contributed by atoms with Crippen molar-refractivity contribution in [2.24, 2.45) is 0 Å². The standard InChI is InChI=1S/C36H40BrN3O5S/c1-25(2)38-36(42)33(21-28-12-7-6-8-13-28)39(23-29-14-10-9-11-27(29)4)35(41)24-40(30-17-15-26(3)16-18-30)46(43,44)31-19-20-34(45-5)32(37)22-31/h6-20,22,25,33H,21,23-24H2,1-5H3,(H,38,42)/t33-/m1/s1. The Hall–Kier alpha value is -4.15. The maximum absolute atomic E-state index is 14.6. The number of rotatable bonds is 13. The normalized spacial score (nSPS) is 12.0. The Labute approximate surface area is 280 Å². The van der Waals surface area contributed by atoms with Crippen LogP contribution in [0.15, 0.2) is 106 Å². The van der Waals surface area contributed by atoms with Crippen molar-refractivity contribution < 1.29 is 22.7 Å². The topological polar surface area (TPSA) is 96.0 Å². The molecular weight excluding hydrogens is 666 g/mol. The van der Waals surface area contributed by atoms with Gasteiger partial charge in [0.25, 0.3) is 10.0 Å². The number of amides is 2. The molecule has 4 rings (SSSR count). The van der Waals surface area contributed by atoms with Gasteiger partial charge in [-0.3, -0.25) is 13.9 Å². The number of benzene rings is 4. The molecule has 1 atom stereocenters. The number of anilines is 1. The first-order valence-corrected chi connectivity index (χ1v) is 17.2. The molecule has 0 spiro atoms. The lowest BCUT2D eigenvalue weighted by Crippen LogP contribution is -2.54. The van der Waals surface area contributed by atoms with E-state index in [1.165, 1.54) is 24.1 Å². The smallest absolute Gasteiger partial charge is 0.264 e. The summed E-state index contributed by atoms with van der Waals surface area (Å²) in [5.41, 5.74) is 3.95. The van der Waals surface area contributed by atoms with Gasteiger partial charge in [-0.2, -0.15) is 0 Å². The van der Waals surface area contributed by atoms with Crippen LogP contribution in [0.25, 0.3) is 0 Å². The SMILES string of the molecule is COc1ccc(S(=O)(=O)N(CC(=O)N(Cc2ccccc2C)[C@H](Cc2ccccc2)C(=O)NC(C)C)c2ccc(C)cc2)cc1Br. The number of carbonyl (C=O) groups is 2. The molecule has 4 aromatic rings. The molecule has 0 fully saturated rings. The van der Waals surface area contributed by atoms with E-state index < -0.39 is 28.5 Å². The predicted octanol–water partition coefficient (Wildman–Crippen LogP) is 6.43. The molecule has 0 aliphatic heterocycles. The number of aryl methyl sites for hydroxylation is 2. The van der Waals surface area contributed by atoms with Gasteiger partial charge in [-0.1, -0.05) is 72.3 Å². The van der Waals surface area contributed by atoms with Crippen LogP contribution in [0.1, 0.15) is 36.1 Å². The van der Waals surface area contributed by atoms with Crippen LogP contribution in [-0.2, 0) is 32.6 Å².